The van der Waals surface area contributed by atoms with Crippen molar-refractivity contribution in [3.05, 3.63) is 29.3 Å². The van der Waals surface area contributed by atoms with Crippen LogP contribution in [0.25, 0.3) is 0 Å². The van der Waals surface area contributed by atoms with Gasteiger partial charge in [-0.15, -0.1) is 0 Å². The van der Waals surface area contributed by atoms with Crippen LogP contribution in [-0.4, -0.2) is 24.5 Å². The van der Waals surface area contributed by atoms with Crippen molar-refractivity contribution >= 4 is 11.7 Å². The summed E-state index contributed by atoms with van der Waals surface area (Å²) in [4.78, 5) is 13.2. The second-order valence-electron chi connectivity index (χ2n) is 4.06. The predicted molar refractivity (Wildman–Crippen MR) is 61.6 cm³/mol. The van der Waals surface area contributed by atoms with Crippen LogP contribution in [-0.2, 0) is 22.6 Å². The zero-order chi connectivity index (χ0) is 11.5. The zero-order valence-electron chi connectivity index (χ0n) is 9.40. The Morgan fingerprint density at radius 3 is 2.94 bits per heavy atom. The highest BCUT2D eigenvalue weighted by atomic mass is 16.5. The van der Waals surface area contributed by atoms with E-state index >= 15 is 0 Å². The molecule has 1 heterocycles. The molecule has 1 aliphatic heterocycles. The number of methoxy groups -OCH3 is 1. The third kappa shape index (κ3) is 2.33. The molecule has 0 aromatic heterocycles. The maximum Gasteiger partial charge on any atom is 0.306 e. The van der Waals surface area contributed by atoms with Crippen molar-refractivity contribution in [2.45, 2.75) is 19.5 Å². The van der Waals surface area contributed by atoms with Gasteiger partial charge in [0, 0.05) is 25.3 Å². The van der Waals surface area contributed by atoms with Gasteiger partial charge >= 0.3 is 5.97 Å². The van der Waals surface area contributed by atoms with E-state index in [9.17, 15) is 4.79 Å². The number of hydrogen-bond donors (Lipinski definition) is 1. The van der Waals surface area contributed by atoms with E-state index in [2.05, 4.69) is 15.7 Å². The summed E-state index contributed by atoms with van der Waals surface area (Å²) < 4.78 is 4.62. The molecule has 2 rings (SSSR count). The van der Waals surface area contributed by atoms with Gasteiger partial charge in [-0.25, -0.2) is 0 Å². The third-order valence-electron chi connectivity index (χ3n) is 2.88. The molecule has 0 atom stereocenters. The molecule has 0 fully saturated rings. The molecule has 1 aromatic rings. The summed E-state index contributed by atoms with van der Waals surface area (Å²) in [5, 5.41) is 0. The summed E-state index contributed by atoms with van der Waals surface area (Å²) >= 11 is 0. The highest BCUT2D eigenvalue weighted by Gasteiger charge is 2.19. The molecule has 0 aliphatic carbocycles. The lowest BCUT2D eigenvalue weighted by Gasteiger charge is -2.13. The predicted octanol–water partition coefficient (Wildman–Crippen LogP) is 1.15. The lowest BCUT2D eigenvalue weighted by Crippen LogP contribution is -2.20. The topological polar surface area (TPSA) is 55.6 Å². The first-order valence-electron chi connectivity index (χ1n) is 5.35. The lowest BCUT2D eigenvalue weighted by molar-refractivity contribution is -0.141. The van der Waals surface area contributed by atoms with Crippen molar-refractivity contribution in [1.82, 2.24) is 4.90 Å². The number of esters is 1. The molecule has 0 unspecified atom stereocenters. The summed E-state index contributed by atoms with van der Waals surface area (Å²) in [5.74, 6) is -0.157. The van der Waals surface area contributed by atoms with Gasteiger partial charge in [-0.3, -0.25) is 9.69 Å². The largest absolute Gasteiger partial charge is 0.469 e. The lowest BCUT2D eigenvalue weighted by atomic mass is 10.1. The average Bonchev–Trinajstić information content (AvgIpc) is 2.67. The minimum Gasteiger partial charge on any atom is -0.469 e. The standard InChI is InChI=1S/C12H16N2O2/c1-16-12(15)4-5-14-7-9-2-3-11(13)6-10(9)8-14/h2-3,6H,4-5,7-8,13H2,1H3. The molecule has 4 nitrogen and oxygen atoms in total. The van der Waals surface area contributed by atoms with Gasteiger partial charge in [0.2, 0.25) is 0 Å². The number of nitrogen functional groups attached to an aromatic ring is 1. The molecule has 0 spiro atoms. The quantitative estimate of drug-likeness (QED) is 0.613. The summed E-state index contributed by atoms with van der Waals surface area (Å²) in [6.45, 7) is 2.51. The van der Waals surface area contributed by atoms with Crippen LogP contribution in [0, 0.1) is 0 Å². The molecule has 4 heteroatoms. The Bertz CT molecular complexity index is 404. The molecular weight excluding hydrogens is 204 g/mol. The second-order valence-corrected chi connectivity index (χ2v) is 4.06. The third-order valence-corrected chi connectivity index (χ3v) is 2.88. The fourth-order valence-electron chi connectivity index (χ4n) is 1.99. The number of nitrogens with zero attached hydrogens (tertiary/aromatic N) is 1. The minimum absolute atomic E-state index is 0.157. The molecular formula is C12H16N2O2. The highest BCUT2D eigenvalue weighted by Crippen LogP contribution is 2.24. The van der Waals surface area contributed by atoms with E-state index in [0.717, 1.165) is 25.3 Å². The molecule has 0 saturated carbocycles. The van der Waals surface area contributed by atoms with Gasteiger partial charge in [0.05, 0.1) is 13.5 Å². The van der Waals surface area contributed by atoms with E-state index in [1.54, 1.807) is 0 Å². The van der Waals surface area contributed by atoms with E-state index in [4.69, 9.17) is 5.73 Å². The highest BCUT2D eigenvalue weighted by molar-refractivity contribution is 5.69. The van der Waals surface area contributed by atoms with Crippen LogP contribution < -0.4 is 5.73 Å². The molecule has 16 heavy (non-hydrogen) atoms. The zero-order valence-corrected chi connectivity index (χ0v) is 9.40. The summed E-state index contributed by atoms with van der Waals surface area (Å²) in [6.07, 6.45) is 0.444. The Morgan fingerprint density at radius 1 is 1.44 bits per heavy atom. The molecule has 2 N–H and O–H groups in total. The Kier molecular flexibility index (Phi) is 3.10. The van der Waals surface area contributed by atoms with Crippen molar-refractivity contribution in [2.24, 2.45) is 0 Å². The molecule has 86 valence electrons. The van der Waals surface area contributed by atoms with Crippen molar-refractivity contribution in [3.63, 3.8) is 0 Å². The van der Waals surface area contributed by atoms with Crippen LogP contribution >= 0.6 is 0 Å². The van der Waals surface area contributed by atoms with Gasteiger partial charge in [-0.1, -0.05) is 6.07 Å². The van der Waals surface area contributed by atoms with Crippen LogP contribution in [0.5, 0.6) is 0 Å². The Balaban J connectivity index is 1.93. The number of hydrogen-bond acceptors (Lipinski definition) is 4. The average molecular weight is 220 g/mol. The van der Waals surface area contributed by atoms with Crippen LogP contribution in [0.1, 0.15) is 17.5 Å². The number of fused-ring (bicyclic) bond motifs is 1. The van der Waals surface area contributed by atoms with Crippen LogP contribution in [0.15, 0.2) is 18.2 Å². The van der Waals surface area contributed by atoms with Gasteiger partial charge in [-0.05, 0) is 23.3 Å². The Hall–Kier alpha value is -1.55. The summed E-state index contributed by atoms with van der Waals surface area (Å²) in [7, 11) is 1.42. The van der Waals surface area contributed by atoms with Crippen molar-refractivity contribution in [2.75, 3.05) is 19.4 Å². The maximum atomic E-state index is 11.0. The first-order valence-corrected chi connectivity index (χ1v) is 5.35. The van der Waals surface area contributed by atoms with Gasteiger partial charge in [0.15, 0.2) is 0 Å². The van der Waals surface area contributed by atoms with E-state index in [-0.39, 0.29) is 5.97 Å². The molecule has 0 saturated heterocycles. The van der Waals surface area contributed by atoms with Gasteiger partial charge < -0.3 is 10.5 Å². The number of nitrogens with two attached hydrogens (primary N) is 1. The fraction of sp³-hybridized carbons (Fsp3) is 0.417. The first-order chi connectivity index (χ1) is 7.69. The van der Waals surface area contributed by atoms with E-state index < -0.39 is 0 Å². The molecule has 0 radical (unpaired) electrons. The number of ether oxygens (including phenoxy) is 1. The number of benzene rings is 1. The summed E-state index contributed by atoms with van der Waals surface area (Å²) in [5.41, 5.74) is 9.10. The Morgan fingerprint density at radius 2 is 2.19 bits per heavy atom. The minimum atomic E-state index is -0.157. The maximum absolute atomic E-state index is 11.0. The number of anilines is 1. The van der Waals surface area contributed by atoms with Crippen molar-refractivity contribution in [3.8, 4) is 0 Å². The SMILES string of the molecule is COC(=O)CCN1Cc2ccc(N)cc2C1. The van der Waals surface area contributed by atoms with E-state index in [1.807, 2.05) is 12.1 Å². The smallest absolute Gasteiger partial charge is 0.306 e. The van der Waals surface area contributed by atoms with E-state index in [1.165, 1.54) is 18.2 Å². The number of rotatable bonds is 3. The van der Waals surface area contributed by atoms with E-state index in [0.29, 0.717) is 6.42 Å². The Labute approximate surface area is 95.0 Å². The van der Waals surface area contributed by atoms with Gasteiger partial charge in [0.1, 0.15) is 0 Å². The van der Waals surface area contributed by atoms with Gasteiger partial charge in [0.25, 0.3) is 0 Å². The van der Waals surface area contributed by atoms with Crippen molar-refractivity contribution < 1.29 is 9.53 Å². The first kappa shape index (κ1) is 11.0. The van der Waals surface area contributed by atoms with Crippen LogP contribution in [0.4, 0.5) is 5.69 Å². The van der Waals surface area contributed by atoms with Crippen LogP contribution in [0.3, 0.4) is 0 Å². The monoisotopic (exact) mass is 220 g/mol. The molecule has 1 aromatic carbocycles. The van der Waals surface area contributed by atoms with Crippen LogP contribution in [0.2, 0.25) is 0 Å². The normalized spacial score (nSPS) is 14.8. The fourth-order valence-corrected chi connectivity index (χ4v) is 1.99. The molecule has 1 aliphatic rings. The second kappa shape index (κ2) is 4.53. The van der Waals surface area contributed by atoms with Gasteiger partial charge in [-0.2, -0.15) is 0 Å². The molecule has 0 bridgehead atoms. The summed E-state index contributed by atoms with van der Waals surface area (Å²) in [6, 6.07) is 5.99. The number of carbonyl (C=O) groups is 1. The van der Waals surface area contributed by atoms with Crippen molar-refractivity contribution in [1.29, 1.82) is 0 Å². The number of carbonyl (C=O) groups excluding carboxylic acids is 1. The molecule has 0 amide bonds.